The quantitative estimate of drug-likeness (QED) is 0.478. The molecule has 0 spiro atoms. The summed E-state index contributed by atoms with van der Waals surface area (Å²) < 4.78 is 0. The summed E-state index contributed by atoms with van der Waals surface area (Å²) in [6.07, 6.45) is 4.22. The Morgan fingerprint density at radius 2 is 1.43 bits per heavy atom. The van der Waals surface area contributed by atoms with Gasteiger partial charge in [-0.3, -0.25) is 0 Å². The second kappa shape index (κ2) is 4.67. The fraction of sp³-hybridized carbons (Fsp3) is 1.00. The molecule has 0 saturated carbocycles. The molecule has 1 atom stereocenters. The molecule has 0 aromatic carbocycles. The zero-order chi connectivity index (χ0) is 4.24. The van der Waals surface area contributed by atoms with Crippen LogP contribution in [0.2, 0.25) is 0 Å². The number of piperidine rings is 1. The van der Waals surface area contributed by atoms with Crippen molar-refractivity contribution in [3.8, 4) is 0 Å². The van der Waals surface area contributed by atoms with Gasteiger partial charge in [0.1, 0.15) is 0 Å². The van der Waals surface area contributed by atoms with Gasteiger partial charge < -0.3 is 5.32 Å². The van der Waals surface area contributed by atoms with Crippen molar-refractivity contribution in [3.63, 3.8) is 0 Å². The molecule has 1 saturated heterocycles. The summed E-state index contributed by atoms with van der Waals surface area (Å²) in [5.41, 5.74) is 0. The van der Waals surface area contributed by atoms with E-state index in [1.165, 1.54) is 32.4 Å². The van der Waals surface area contributed by atoms with Gasteiger partial charge in [-0.1, -0.05) is 6.42 Å². The summed E-state index contributed by atoms with van der Waals surface area (Å²) >= 11 is 0. The van der Waals surface area contributed by atoms with Gasteiger partial charge in [-0.2, -0.15) is 0 Å². The Morgan fingerprint density at radius 3 is 1.57 bits per heavy atom. The molecule has 0 amide bonds. The van der Waals surface area contributed by atoms with Crippen LogP contribution in [0.5, 0.6) is 0 Å². The average Bonchev–Trinajstić information content (AvgIpc) is 1.72. The molecule has 1 nitrogen and oxygen atoms in total. The predicted octanol–water partition coefficient (Wildman–Crippen LogP) is -0.424. The second-order valence-electron chi connectivity index (χ2n) is 1.81. The zero-order valence-electron chi connectivity index (χ0n) is 4.74. The molecule has 1 unspecified atom stereocenters. The molecule has 2 heteroatoms. The SMILES string of the molecule is C1CCNCC1.[AsH3]. The van der Waals surface area contributed by atoms with Gasteiger partial charge in [-0.25, -0.2) is 0 Å². The van der Waals surface area contributed by atoms with Gasteiger partial charge in [0.05, 0.1) is 0 Å². The molecule has 0 aromatic rings. The summed E-state index contributed by atoms with van der Waals surface area (Å²) in [4.78, 5) is 0. The fourth-order valence-electron chi connectivity index (χ4n) is 0.802. The van der Waals surface area contributed by atoms with E-state index in [1.54, 1.807) is 0 Å². The normalized spacial score (nSPS) is 20.6. The van der Waals surface area contributed by atoms with Crippen LogP contribution < -0.4 is 5.32 Å². The van der Waals surface area contributed by atoms with Gasteiger partial charge in [0.25, 0.3) is 0 Å². The molecule has 0 aliphatic carbocycles. The fourth-order valence-corrected chi connectivity index (χ4v) is 0.802. The first-order valence-electron chi connectivity index (χ1n) is 2.71. The maximum absolute atomic E-state index is 3.28. The van der Waals surface area contributed by atoms with Crippen LogP contribution in [0.15, 0.2) is 0 Å². The Hall–Kier alpha value is 0.518. The topological polar surface area (TPSA) is 12.0 Å². The van der Waals surface area contributed by atoms with Crippen LogP contribution in [-0.2, 0) is 0 Å². The van der Waals surface area contributed by atoms with Crippen molar-refractivity contribution in [2.24, 2.45) is 0 Å². The van der Waals surface area contributed by atoms with Crippen molar-refractivity contribution >= 4 is 18.0 Å². The van der Waals surface area contributed by atoms with Gasteiger partial charge in [0, 0.05) is 0 Å². The van der Waals surface area contributed by atoms with E-state index in [0.717, 1.165) is 0 Å². The molecule has 1 heterocycles. The van der Waals surface area contributed by atoms with Crippen molar-refractivity contribution in [1.29, 1.82) is 0 Å². The van der Waals surface area contributed by atoms with E-state index < -0.39 is 0 Å². The van der Waals surface area contributed by atoms with Crippen LogP contribution in [0.3, 0.4) is 0 Å². The monoisotopic (exact) mass is 163 g/mol. The third-order valence-corrected chi connectivity index (χ3v) is 1.21. The van der Waals surface area contributed by atoms with Gasteiger partial charge in [-0.05, 0) is 25.9 Å². The Bertz CT molecular complexity index is 23.6. The molecule has 1 fully saturated rings. The van der Waals surface area contributed by atoms with E-state index in [-0.39, 0.29) is 18.0 Å². The predicted molar refractivity (Wildman–Crippen MR) is 36.7 cm³/mol. The van der Waals surface area contributed by atoms with Crippen molar-refractivity contribution in [3.05, 3.63) is 0 Å². The van der Waals surface area contributed by atoms with Crippen LogP contribution in [0.25, 0.3) is 0 Å². The molecular formula is C5H14AsN. The minimum absolute atomic E-state index is 0. The Kier molecular flexibility index (Phi) is 5.02. The van der Waals surface area contributed by atoms with Crippen molar-refractivity contribution in [2.45, 2.75) is 19.3 Å². The second-order valence-corrected chi connectivity index (χ2v) is 1.81. The van der Waals surface area contributed by atoms with E-state index in [0.29, 0.717) is 0 Å². The molecule has 1 rings (SSSR count). The third kappa shape index (κ3) is 3.13. The Balaban J connectivity index is 0.000000360. The van der Waals surface area contributed by atoms with E-state index in [9.17, 15) is 0 Å². The van der Waals surface area contributed by atoms with Gasteiger partial charge in [-0.15, -0.1) is 0 Å². The molecule has 1 aliphatic heterocycles. The first-order chi connectivity index (χ1) is 3.00. The summed E-state index contributed by atoms with van der Waals surface area (Å²) in [5, 5.41) is 3.28. The van der Waals surface area contributed by atoms with Gasteiger partial charge in [0.2, 0.25) is 0 Å². The van der Waals surface area contributed by atoms with E-state index in [1.807, 2.05) is 0 Å². The Labute approximate surface area is 56.2 Å². The van der Waals surface area contributed by atoms with Crippen molar-refractivity contribution in [2.75, 3.05) is 13.1 Å². The van der Waals surface area contributed by atoms with Crippen LogP contribution in [0.4, 0.5) is 0 Å². The van der Waals surface area contributed by atoms with Crippen LogP contribution in [-0.4, -0.2) is 31.0 Å². The number of hydrogen-bond acceptors (Lipinski definition) is 1. The van der Waals surface area contributed by atoms with E-state index >= 15 is 0 Å². The summed E-state index contributed by atoms with van der Waals surface area (Å²) in [7, 11) is 0. The molecular weight excluding hydrogens is 149 g/mol. The molecule has 0 aromatic heterocycles. The first kappa shape index (κ1) is 7.52. The zero-order valence-corrected chi connectivity index (χ0v) is 7.71. The van der Waals surface area contributed by atoms with Crippen LogP contribution in [0.1, 0.15) is 19.3 Å². The van der Waals surface area contributed by atoms with Gasteiger partial charge in [0.15, 0.2) is 0 Å². The van der Waals surface area contributed by atoms with Gasteiger partial charge >= 0.3 is 18.0 Å². The number of nitrogens with one attached hydrogen (secondary N) is 1. The molecule has 44 valence electrons. The Morgan fingerprint density at radius 1 is 0.857 bits per heavy atom. The molecule has 1 N–H and O–H groups in total. The molecule has 0 radical (unpaired) electrons. The third-order valence-electron chi connectivity index (χ3n) is 1.21. The standard InChI is InChI=1S/C5H11N.AsH3/c1-2-4-6-5-3-1;/h6H,1-5H2;1H3. The number of hydrogen-bond donors (Lipinski definition) is 1. The van der Waals surface area contributed by atoms with Crippen molar-refractivity contribution < 1.29 is 0 Å². The summed E-state index contributed by atoms with van der Waals surface area (Å²) in [6, 6.07) is 0. The average molecular weight is 163 g/mol. The van der Waals surface area contributed by atoms with E-state index in [2.05, 4.69) is 5.32 Å². The van der Waals surface area contributed by atoms with E-state index in [4.69, 9.17) is 0 Å². The maximum atomic E-state index is 3.28. The minimum atomic E-state index is 0. The molecule has 7 heavy (non-hydrogen) atoms. The summed E-state index contributed by atoms with van der Waals surface area (Å²) in [5.74, 6) is 0. The number of rotatable bonds is 0. The van der Waals surface area contributed by atoms with Crippen molar-refractivity contribution in [1.82, 2.24) is 5.32 Å². The van der Waals surface area contributed by atoms with Crippen LogP contribution >= 0.6 is 0 Å². The molecule has 0 bridgehead atoms. The van der Waals surface area contributed by atoms with Crippen LogP contribution in [0, 0.1) is 0 Å². The first-order valence-corrected chi connectivity index (χ1v) is 2.71. The molecule has 1 aliphatic rings. The summed E-state index contributed by atoms with van der Waals surface area (Å²) in [6.45, 7) is 2.50.